The molecule has 0 bridgehead atoms. The van der Waals surface area contributed by atoms with E-state index < -0.39 is 0 Å². The molecule has 4 heteroatoms. The van der Waals surface area contributed by atoms with E-state index in [1.165, 1.54) is 11.3 Å². The highest BCUT2D eigenvalue weighted by Gasteiger charge is 2.13. The predicted molar refractivity (Wildman–Crippen MR) is 137 cm³/mol. The normalized spacial score (nSPS) is 12.5. The van der Waals surface area contributed by atoms with Gasteiger partial charge in [0.05, 0.1) is 12.3 Å². The smallest absolute Gasteiger partial charge is 0.146 e. The average molecular weight is 443 g/mol. The van der Waals surface area contributed by atoms with Gasteiger partial charge in [-0.15, -0.1) is 0 Å². The molecule has 0 heterocycles. The van der Waals surface area contributed by atoms with E-state index in [-0.39, 0.29) is 11.9 Å². The zero-order valence-corrected chi connectivity index (χ0v) is 21.3. The Labute approximate surface area is 195 Å². The summed E-state index contributed by atoms with van der Waals surface area (Å²) in [5.74, 6) is 1.83. The van der Waals surface area contributed by atoms with E-state index >= 15 is 0 Å². The predicted octanol–water partition coefficient (Wildman–Crippen LogP) is 7.34. The van der Waals surface area contributed by atoms with Crippen LogP contribution >= 0.6 is 0 Å². The summed E-state index contributed by atoms with van der Waals surface area (Å²) in [4.78, 5) is 2.29. The fourth-order valence-electron chi connectivity index (χ4n) is 3.82. The van der Waals surface area contributed by atoms with E-state index in [4.69, 9.17) is 4.74 Å². The van der Waals surface area contributed by atoms with Gasteiger partial charge in [-0.1, -0.05) is 26.8 Å². The fraction of sp³-hybridized carbons (Fsp3) is 0.571. The Morgan fingerprint density at radius 1 is 0.938 bits per heavy atom. The highest BCUT2D eigenvalue weighted by molar-refractivity contribution is 5.53. The van der Waals surface area contributed by atoms with Crippen molar-refractivity contribution in [1.82, 2.24) is 0 Å². The molecular formula is C28H43FN2O. The zero-order valence-electron chi connectivity index (χ0n) is 21.3. The second kappa shape index (κ2) is 12.1. The van der Waals surface area contributed by atoms with E-state index in [1.54, 1.807) is 6.07 Å². The lowest BCUT2D eigenvalue weighted by molar-refractivity contribution is 0.280. The highest BCUT2D eigenvalue weighted by Crippen LogP contribution is 2.28. The van der Waals surface area contributed by atoms with Crippen molar-refractivity contribution in [3.63, 3.8) is 0 Å². The highest BCUT2D eigenvalue weighted by atomic mass is 19.1. The second-order valence-corrected chi connectivity index (χ2v) is 10.2. The van der Waals surface area contributed by atoms with Crippen LogP contribution in [0.25, 0.3) is 0 Å². The van der Waals surface area contributed by atoms with Gasteiger partial charge >= 0.3 is 0 Å². The maximum atomic E-state index is 14.0. The van der Waals surface area contributed by atoms with E-state index in [2.05, 4.69) is 70.1 Å². The van der Waals surface area contributed by atoms with Crippen molar-refractivity contribution >= 4 is 11.4 Å². The Morgan fingerprint density at radius 3 is 2.28 bits per heavy atom. The van der Waals surface area contributed by atoms with Crippen LogP contribution in [0.5, 0.6) is 5.75 Å². The summed E-state index contributed by atoms with van der Waals surface area (Å²) >= 11 is 0. The third kappa shape index (κ3) is 8.03. The van der Waals surface area contributed by atoms with Crippen molar-refractivity contribution in [3.8, 4) is 5.75 Å². The quantitative estimate of drug-likeness (QED) is 0.372. The summed E-state index contributed by atoms with van der Waals surface area (Å²) < 4.78 is 20.3. The largest absolute Gasteiger partial charge is 0.493 e. The summed E-state index contributed by atoms with van der Waals surface area (Å²) in [6.07, 6.45) is 2.87. The average Bonchev–Trinajstić information content (AvgIpc) is 2.70. The molecule has 0 aliphatic heterocycles. The maximum Gasteiger partial charge on any atom is 0.146 e. The van der Waals surface area contributed by atoms with Gasteiger partial charge in [-0.25, -0.2) is 4.39 Å². The number of nitrogens with zero attached hydrogens (tertiary/aromatic N) is 1. The van der Waals surface area contributed by atoms with Crippen LogP contribution in [0, 0.1) is 17.7 Å². The second-order valence-electron chi connectivity index (χ2n) is 10.2. The maximum absolute atomic E-state index is 14.0. The number of hydrogen-bond donors (Lipinski definition) is 1. The monoisotopic (exact) mass is 442 g/mol. The molecule has 0 amide bonds. The van der Waals surface area contributed by atoms with Crippen molar-refractivity contribution in [1.29, 1.82) is 0 Å². The molecule has 0 saturated carbocycles. The third-order valence-corrected chi connectivity index (χ3v) is 5.78. The van der Waals surface area contributed by atoms with Crippen LogP contribution in [0.4, 0.5) is 15.8 Å². The molecule has 2 aromatic carbocycles. The van der Waals surface area contributed by atoms with Crippen molar-refractivity contribution < 1.29 is 9.13 Å². The van der Waals surface area contributed by atoms with Crippen molar-refractivity contribution in [2.24, 2.45) is 11.8 Å². The molecule has 3 nitrogen and oxygen atoms in total. The standard InChI is InChI=1S/C28H43FN2O/c1-19(2)15-24-18-25(31(8)21(5)6)10-12-28(24)32-14-13-22(7)16-23-9-11-26(29)27(17-23)30-20(3)4/h9-12,17-22,30H,13-16H2,1-8H3. The van der Waals surface area contributed by atoms with E-state index in [9.17, 15) is 4.39 Å². The van der Waals surface area contributed by atoms with E-state index in [0.29, 0.717) is 30.2 Å². The van der Waals surface area contributed by atoms with Gasteiger partial charge < -0.3 is 15.0 Å². The van der Waals surface area contributed by atoms with Gasteiger partial charge in [0.25, 0.3) is 0 Å². The van der Waals surface area contributed by atoms with Gasteiger partial charge in [-0.05, 0) is 100 Å². The topological polar surface area (TPSA) is 24.5 Å². The lowest BCUT2D eigenvalue weighted by atomic mass is 9.98. The molecule has 32 heavy (non-hydrogen) atoms. The molecule has 0 aromatic heterocycles. The number of ether oxygens (including phenoxy) is 1. The van der Waals surface area contributed by atoms with Gasteiger partial charge in [-0.3, -0.25) is 0 Å². The van der Waals surface area contributed by atoms with Gasteiger partial charge in [-0.2, -0.15) is 0 Å². The van der Waals surface area contributed by atoms with Crippen LogP contribution in [0.1, 0.15) is 66.0 Å². The minimum Gasteiger partial charge on any atom is -0.493 e. The number of nitrogens with one attached hydrogen (secondary N) is 1. The molecule has 178 valence electrons. The molecule has 0 fully saturated rings. The fourth-order valence-corrected chi connectivity index (χ4v) is 3.82. The van der Waals surface area contributed by atoms with Gasteiger partial charge in [0.1, 0.15) is 11.6 Å². The Kier molecular flexibility index (Phi) is 9.86. The van der Waals surface area contributed by atoms with E-state index in [0.717, 1.165) is 30.6 Å². The first-order valence-corrected chi connectivity index (χ1v) is 12.1. The first kappa shape index (κ1) is 26.0. The van der Waals surface area contributed by atoms with Crippen LogP contribution < -0.4 is 15.0 Å². The lowest BCUT2D eigenvalue weighted by Gasteiger charge is -2.25. The first-order chi connectivity index (χ1) is 15.1. The van der Waals surface area contributed by atoms with Crippen LogP contribution in [0.3, 0.4) is 0 Å². The summed E-state index contributed by atoms with van der Waals surface area (Å²) in [7, 11) is 2.14. The molecule has 1 atom stereocenters. The molecule has 2 aromatic rings. The first-order valence-electron chi connectivity index (χ1n) is 12.1. The Bertz CT molecular complexity index is 847. The molecule has 0 aliphatic rings. The van der Waals surface area contributed by atoms with Gasteiger partial charge in [0, 0.05) is 24.8 Å². The summed E-state index contributed by atoms with van der Waals surface area (Å²) in [6.45, 7) is 15.9. The Morgan fingerprint density at radius 2 is 1.66 bits per heavy atom. The third-order valence-electron chi connectivity index (χ3n) is 5.78. The Balaban J connectivity index is 1.98. The number of rotatable bonds is 12. The summed E-state index contributed by atoms with van der Waals surface area (Å²) in [5.41, 5.74) is 4.26. The van der Waals surface area contributed by atoms with E-state index in [1.807, 2.05) is 26.0 Å². The Hall–Kier alpha value is -2.23. The number of anilines is 2. The number of halogens is 1. The van der Waals surface area contributed by atoms with Gasteiger partial charge in [0.2, 0.25) is 0 Å². The van der Waals surface area contributed by atoms with Crippen LogP contribution in [0.15, 0.2) is 36.4 Å². The summed E-state index contributed by atoms with van der Waals surface area (Å²) in [5, 5.41) is 3.19. The van der Waals surface area contributed by atoms with Gasteiger partial charge in [0.15, 0.2) is 0 Å². The minimum absolute atomic E-state index is 0.192. The molecule has 0 spiro atoms. The molecule has 2 rings (SSSR count). The van der Waals surface area contributed by atoms with Crippen LogP contribution in [0.2, 0.25) is 0 Å². The zero-order chi connectivity index (χ0) is 23.8. The minimum atomic E-state index is -0.192. The molecule has 0 saturated heterocycles. The molecule has 0 aliphatic carbocycles. The van der Waals surface area contributed by atoms with Crippen LogP contribution in [-0.4, -0.2) is 25.7 Å². The van der Waals surface area contributed by atoms with Crippen molar-refractivity contribution in [3.05, 3.63) is 53.3 Å². The van der Waals surface area contributed by atoms with Crippen molar-refractivity contribution in [2.45, 2.75) is 79.8 Å². The van der Waals surface area contributed by atoms with Crippen LogP contribution in [-0.2, 0) is 12.8 Å². The molecular weight excluding hydrogens is 399 g/mol. The summed E-state index contributed by atoms with van der Waals surface area (Å²) in [6, 6.07) is 12.6. The molecule has 0 radical (unpaired) electrons. The SMILES string of the molecule is CC(C)Cc1cc(N(C)C(C)C)ccc1OCCC(C)Cc1ccc(F)c(NC(C)C)c1. The number of hydrogen-bond acceptors (Lipinski definition) is 3. The number of benzene rings is 2. The molecule has 1 unspecified atom stereocenters. The van der Waals surface area contributed by atoms with Crippen molar-refractivity contribution in [2.75, 3.05) is 23.9 Å². The molecule has 1 N–H and O–H groups in total. The lowest BCUT2D eigenvalue weighted by Crippen LogP contribution is -2.25.